The van der Waals surface area contributed by atoms with Gasteiger partial charge in [-0.1, -0.05) is 0 Å². The largest absolute Gasteiger partial charge is 0.376 e. The summed E-state index contributed by atoms with van der Waals surface area (Å²) in [5.41, 5.74) is 5.85. The van der Waals surface area contributed by atoms with Gasteiger partial charge in [0.25, 0.3) is 0 Å². The van der Waals surface area contributed by atoms with Crippen molar-refractivity contribution in [3.63, 3.8) is 0 Å². The molecule has 1 heterocycles. The first-order chi connectivity index (χ1) is 4.79. The average molecular weight is 143 g/mol. The summed E-state index contributed by atoms with van der Waals surface area (Å²) in [4.78, 5) is 0. The van der Waals surface area contributed by atoms with E-state index in [9.17, 15) is 0 Å². The minimum atomic E-state index is 0.0373. The number of hydrogen-bond donors (Lipinski definition) is 1. The molecule has 3 heteroatoms. The third kappa shape index (κ3) is 1.31. The van der Waals surface area contributed by atoms with Crippen molar-refractivity contribution in [3.05, 3.63) is 0 Å². The molecule has 2 rings (SSSR count). The molecule has 0 aromatic rings. The molecule has 0 spiro atoms. The van der Waals surface area contributed by atoms with Crippen molar-refractivity contribution < 1.29 is 9.47 Å². The highest BCUT2D eigenvalue weighted by molar-refractivity contribution is 4.98. The molecule has 2 N–H and O–H groups in total. The Kier molecular flexibility index (Phi) is 1.44. The second-order valence-electron chi connectivity index (χ2n) is 3.33. The van der Waals surface area contributed by atoms with Gasteiger partial charge in [0.05, 0.1) is 19.8 Å². The van der Waals surface area contributed by atoms with Crippen LogP contribution >= 0.6 is 0 Å². The average Bonchev–Trinajstić information content (AvgIpc) is 2.44. The Morgan fingerprint density at radius 3 is 2.60 bits per heavy atom. The van der Waals surface area contributed by atoms with Gasteiger partial charge >= 0.3 is 0 Å². The first-order valence-corrected chi connectivity index (χ1v) is 3.77. The fraction of sp³-hybridized carbons (Fsp3) is 1.00. The topological polar surface area (TPSA) is 44.5 Å². The maximum absolute atomic E-state index is 5.81. The molecule has 10 heavy (non-hydrogen) atoms. The standard InChI is InChI=1S/C7H13NO2/c8-7(1-2-7)5-10-6-3-9-4-6/h6H,1-5,8H2. The Morgan fingerprint density at radius 1 is 1.50 bits per heavy atom. The van der Waals surface area contributed by atoms with E-state index in [1.165, 1.54) is 0 Å². The Bertz CT molecular complexity index is 130. The summed E-state index contributed by atoms with van der Waals surface area (Å²) in [7, 11) is 0. The van der Waals surface area contributed by atoms with Gasteiger partial charge in [-0.15, -0.1) is 0 Å². The van der Waals surface area contributed by atoms with E-state index >= 15 is 0 Å². The van der Waals surface area contributed by atoms with Gasteiger partial charge in [-0.2, -0.15) is 0 Å². The molecule has 2 aliphatic rings. The summed E-state index contributed by atoms with van der Waals surface area (Å²) >= 11 is 0. The lowest BCUT2D eigenvalue weighted by molar-refractivity contribution is -0.133. The van der Waals surface area contributed by atoms with Crippen LogP contribution in [0.15, 0.2) is 0 Å². The highest BCUT2D eigenvalue weighted by Gasteiger charge is 2.39. The molecule has 1 aliphatic carbocycles. The zero-order valence-corrected chi connectivity index (χ0v) is 6.01. The van der Waals surface area contributed by atoms with Crippen molar-refractivity contribution in [3.8, 4) is 0 Å². The molecule has 0 unspecified atom stereocenters. The van der Waals surface area contributed by atoms with Crippen LogP contribution in [-0.2, 0) is 9.47 Å². The summed E-state index contributed by atoms with van der Waals surface area (Å²) in [6.45, 7) is 2.24. The lowest BCUT2D eigenvalue weighted by Crippen LogP contribution is -2.40. The predicted molar refractivity (Wildman–Crippen MR) is 36.7 cm³/mol. The van der Waals surface area contributed by atoms with Crippen molar-refractivity contribution >= 4 is 0 Å². The summed E-state index contributed by atoms with van der Waals surface area (Å²) in [6, 6.07) is 0. The molecule has 0 radical (unpaired) electrons. The molecule has 0 aromatic carbocycles. The van der Waals surface area contributed by atoms with Crippen molar-refractivity contribution in [2.75, 3.05) is 19.8 Å². The van der Waals surface area contributed by atoms with Crippen molar-refractivity contribution in [2.45, 2.75) is 24.5 Å². The highest BCUT2D eigenvalue weighted by atomic mass is 16.6. The van der Waals surface area contributed by atoms with E-state index in [2.05, 4.69) is 0 Å². The Morgan fingerprint density at radius 2 is 2.20 bits per heavy atom. The van der Waals surface area contributed by atoms with Crippen molar-refractivity contribution in [1.29, 1.82) is 0 Å². The summed E-state index contributed by atoms with van der Waals surface area (Å²) in [5.74, 6) is 0. The molecule has 3 nitrogen and oxygen atoms in total. The smallest absolute Gasteiger partial charge is 0.104 e. The van der Waals surface area contributed by atoms with Gasteiger partial charge in [0.2, 0.25) is 0 Å². The van der Waals surface area contributed by atoms with Gasteiger partial charge in [-0.25, -0.2) is 0 Å². The molecule has 58 valence electrons. The zero-order chi connectivity index (χ0) is 7.03. The molecule has 2 fully saturated rings. The number of ether oxygens (including phenoxy) is 2. The van der Waals surface area contributed by atoms with Crippen LogP contribution in [0.1, 0.15) is 12.8 Å². The summed E-state index contributed by atoms with van der Waals surface area (Å²) < 4.78 is 10.4. The second kappa shape index (κ2) is 2.19. The van der Waals surface area contributed by atoms with Gasteiger partial charge in [-0.3, -0.25) is 0 Å². The van der Waals surface area contributed by atoms with Gasteiger partial charge in [0.1, 0.15) is 6.10 Å². The third-order valence-electron chi connectivity index (χ3n) is 2.11. The van der Waals surface area contributed by atoms with Crippen LogP contribution in [0.25, 0.3) is 0 Å². The lowest BCUT2D eigenvalue weighted by atomic mass is 10.3. The molecule has 0 amide bonds. The van der Waals surface area contributed by atoms with E-state index in [0.29, 0.717) is 6.10 Å². The van der Waals surface area contributed by atoms with E-state index in [1.54, 1.807) is 0 Å². The highest BCUT2D eigenvalue weighted by Crippen LogP contribution is 2.32. The lowest BCUT2D eigenvalue weighted by Gasteiger charge is -2.27. The van der Waals surface area contributed by atoms with Crippen LogP contribution in [0.2, 0.25) is 0 Å². The van der Waals surface area contributed by atoms with Gasteiger partial charge in [-0.05, 0) is 12.8 Å². The number of hydrogen-bond acceptors (Lipinski definition) is 3. The number of rotatable bonds is 3. The quantitative estimate of drug-likeness (QED) is 0.599. The van der Waals surface area contributed by atoms with Crippen LogP contribution in [0.3, 0.4) is 0 Å². The van der Waals surface area contributed by atoms with Gasteiger partial charge in [0.15, 0.2) is 0 Å². The Balaban J connectivity index is 1.63. The predicted octanol–water partition coefficient (Wildman–Crippen LogP) is -0.107. The van der Waals surface area contributed by atoms with E-state index in [1.807, 2.05) is 0 Å². The van der Waals surface area contributed by atoms with E-state index in [4.69, 9.17) is 15.2 Å². The van der Waals surface area contributed by atoms with Crippen molar-refractivity contribution in [1.82, 2.24) is 0 Å². The van der Waals surface area contributed by atoms with E-state index < -0.39 is 0 Å². The van der Waals surface area contributed by atoms with Crippen LogP contribution in [0.5, 0.6) is 0 Å². The Labute approximate surface area is 60.5 Å². The molecule has 1 saturated carbocycles. The number of nitrogens with two attached hydrogens (primary N) is 1. The van der Waals surface area contributed by atoms with E-state index in [-0.39, 0.29) is 5.54 Å². The molecule has 1 aliphatic heterocycles. The summed E-state index contributed by atoms with van der Waals surface area (Å²) in [5, 5.41) is 0. The molecule has 0 bridgehead atoms. The molecule has 0 atom stereocenters. The van der Waals surface area contributed by atoms with Crippen LogP contribution in [0.4, 0.5) is 0 Å². The monoisotopic (exact) mass is 143 g/mol. The fourth-order valence-corrected chi connectivity index (χ4v) is 0.899. The van der Waals surface area contributed by atoms with Gasteiger partial charge in [0, 0.05) is 5.54 Å². The van der Waals surface area contributed by atoms with Crippen molar-refractivity contribution in [2.24, 2.45) is 5.73 Å². The summed E-state index contributed by atoms with van der Waals surface area (Å²) in [6.07, 6.45) is 2.59. The first-order valence-electron chi connectivity index (χ1n) is 3.77. The minimum absolute atomic E-state index is 0.0373. The maximum atomic E-state index is 5.81. The van der Waals surface area contributed by atoms with Crippen LogP contribution < -0.4 is 5.73 Å². The second-order valence-corrected chi connectivity index (χ2v) is 3.33. The first kappa shape index (κ1) is 6.58. The zero-order valence-electron chi connectivity index (χ0n) is 6.01. The maximum Gasteiger partial charge on any atom is 0.104 e. The van der Waals surface area contributed by atoms with E-state index in [0.717, 1.165) is 32.7 Å². The SMILES string of the molecule is NC1(COC2COC2)CC1. The fourth-order valence-electron chi connectivity index (χ4n) is 0.899. The normalized spacial score (nSPS) is 29.7. The Hall–Kier alpha value is -0.120. The molecular weight excluding hydrogens is 130 g/mol. The molecule has 0 aromatic heterocycles. The van der Waals surface area contributed by atoms with Crippen LogP contribution in [-0.4, -0.2) is 31.5 Å². The third-order valence-corrected chi connectivity index (χ3v) is 2.11. The van der Waals surface area contributed by atoms with Gasteiger partial charge < -0.3 is 15.2 Å². The molecule has 1 saturated heterocycles. The minimum Gasteiger partial charge on any atom is -0.376 e. The molecular formula is C7H13NO2. The van der Waals surface area contributed by atoms with Crippen LogP contribution in [0, 0.1) is 0 Å².